The van der Waals surface area contributed by atoms with Crippen molar-refractivity contribution >= 4 is 11.8 Å². The lowest BCUT2D eigenvalue weighted by Crippen LogP contribution is -2.23. The molecule has 0 aliphatic rings. The van der Waals surface area contributed by atoms with Gasteiger partial charge < -0.3 is 5.32 Å². The van der Waals surface area contributed by atoms with Crippen molar-refractivity contribution in [3.63, 3.8) is 0 Å². The van der Waals surface area contributed by atoms with Gasteiger partial charge in [0, 0.05) is 24.2 Å². The summed E-state index contributed by atoms with van der Waals surface area (Å²) in [7, 11) is 0. The maximum absolute atomic E-state index is 4.31. The Bertz CT molecular complexity index is 543. The number of benzene rings is 1. The van der Waals surface area contributed by atoms with Crippen LogP contribution in [0.2, 0.25) is 0 Å². The first-order chi connectivity index (χ1) is 9.70. The summed E-state index contributed by atoms with van der Waals surface area (Å²) >= 11 is 1.74. The summed E-state index contributed by atoms with van der Waals surface area (Å²) in [6, 6.07) is 6.99. The molecule has 20 heavy (non-hydrogen) atoms. The van der Waals surface area contributed by atoms with Crippen molar-refractivity contribution < 1.29 is 0 Å². The van der Waals surface area contributed by atoms with E-state index in [2.05, 4.69) is 54.3 Å². The maximum atomic E-state index is 4.31. The van der Waals surface area contributed by atoms with Crippen molar-refractivity contribution in [1.82, 2.24) is 15.3 Å². The van der Waals surface area contributed by atoms with Crippen LogP contribution in [0.1, 0.15) is 29.7 Å². The van der Waals surface area contributed by atoms with Crippen LogP contribution in [-0.4, -0.2) is 22.3 Å². The lowest BCUT2D eigenvalue weighted by atomic mass is 10.0. The van der Waals surface area contributed by atoms with Gasteiger partial charge in [0.2, 0.25) is 0 Å². The minimum absolute atomic E-state index is 0.340. The van der Waals surface area contributed by atoms with E-state index < -0.39 is 0 Å². The summed E-state index contributed by atoms with van der Waals surface area (Å²) in [6.45, 7) is 7.41. The molecule has 0 radical (unpaired) electrons. The average molecular weight is 287 g/mol. The van der Waals surface area contributed by atoms with E-state index in [1.54, 1.807) is 24.2 Å². The summed E-state index contributed by atoms with van der Waals surface area (Å²) in [5.41, 5.74) is 4.02. The van der Waals surface area contributed by atoms with Gasteiger partial charge in [-0.15, -0.1) is 11.8 Å². The Morgan fingerprint density at radius 2 is 2.10 bits per heavy atom. The zero-order valence-corrected chi connectivity index (χ0v) is 13.1. The van der Waals surface area contributed by atoms with Gasteiger partial charge in [-0.3, -0.25) is 4.98 Å². The van der Waals surface area contributed by atoms with Gasteiger partial charge >= 0.3 is 0 Å². The zero-order valence-electron chi connectivity index (χ0n) is 12.3. The number of rotatable bonds is 6. The molecule has 4 heteroatoms. The first-order valence-corrected chi connectivity index (χ1v) is 7.88. The number of hydrogen-bond donors (Lipinski definition) is 1. The van der Waals surface area contributed by atoms with E-state index in [1.165, 1.54) is 16.7 Å². The van der Waals surface area contributed by atoms with E-state index in [0.717, 1.165) is 17.3 Å². The summed E-state index contributed by atoms with van der Waals surface area (Å²) in [6.07, 6.45) is 5.26. The average Bonchev–Trinajstić information content (AvgIpc) is 2.45. The molecule has 2 rings (SSSR count). The SMILES string of the molecule is CCNC(CSc1cnccn1)c1ccc(C)cc1C. The topological polar surface area (TPSA) is 37.8 Å². The molecule has 1 aromatic heterocycles. The molecule has 1 heterocycles. The number of aromatic nitrogens is 2. The van der Waals surface area contributed by atoms with E-state index >= 15 is 0 Å². The van der Waals surface area contributed by atoms with E-state index in [4.69, 9.17) is 0 Å². The number of aryl methyl sites for hydroxylation is 2. The van der Waals surface area contributed by atoms with Crippen LogP contribution in [0.3, 0.4) is 0 Å². The highest BCUT2D eigenvalue weighted by molar-refractivity contribution is 7.99. The summed E-state index contributed by atoms with van der Waals surface area (Å²) in [5.74, 6) is 0.955. The van der Waals surface area contributed by atoms with Gasteiger partial charge in [-0.05, 0) is 31.5 Å². The normalized spacial score (nSPS) is 12.3. The van der Waals surface area contributed by atoms with E-state index in [0.29, 0.717) is 6.04 Å². The first kappa shape index (κ1) is 15.0. The molecular formula is C16H21N3S. The molecule has 0 amide bonds. The summed E-state index contributed by atoms with van der Waals surface area (Å²) in [4.78, 5) is 8.42. The van der Waals surface area contributed by atoms with Crippen LogP contribution in [0.5, 0.6) is 0 Å². The molecular weight excluding hydrogens is 266 g/mol. The highest BCUT2D eigenvalue weighted by Gasteiger charge is 2.13. The maximum Gasteiger partial charge on any atom is 0.114 e. The lowest BCUT2D eigenvalue weighted by molar-refractivity contribution is 0.602. The Kier molecular flexibility index (Phi) is 5.56. The molecule has 0 aliphatic heterocycles. The number of hydrogen-bond acceptors (Lipinski definition) is 4. The van der Waals surface area contributed by atoms with Crippen LogP contribution in [0, 0.1) is 13.8 Å². The quantitative estimate of drug-likeness (QED) is 0.825. The van der Waals surface area contributed by atoms with Crippen LogP contribution < -0.4 is 5.32 Å². The fourth-order valence-electron chi connectivity index (χ4n) is 2.25. The monoisotopic (exact) mass is 287 g/mol. The van der Waals surface area contributed by atoms with Gasteiger partial charge in [0.15, 0.2) is 0 Å². The van der Waals surface area contributed by atoms with Crippen molar-refractivity contribution in [3.05, 3.63) is 53.5 Å². The second kappa shape index (κ2) is 7.41. The molecule has 1 atom stereocenters. The zero-order chi connectivity index (χ0) is 14.4. The Balaban J connectivity index is 2.10. The van der Waals surface area contributed by atoms with Crippen LogP contribution in [0.15, 0.2) is 41.8 Å². The van der Waals surface area contributed by atoms with Crippen LogP contribution in [0.4, 0.5) is 0 Å². The Labute approximate surface area is 125 Å². The highest BCUT2D eigenvalue weighted by Crippen LogP contribution is 2.25. The molecule has 0 bridgehead atoms. The van der Waals surface area contributed by atoms with Gasteiger partial charge in [0.05, 0.1) is 6.20 Å². The van der Waals surface area contributed by atoms with E-state index in [1.807, 2.05) is 6.20 Å². The van der Waals surface area contributed by atoms with Gasteiger partial charge in [0.25, 0.3) is 0 Å². The molecule has 1 unspecified atom stereocenters. The first-order valence-electron chi connectivity index (χ1n) is 6.90. The third-order valence-electron chi connectivity index (χ3n) is 3.19. The minimum atomic E-state index is 0.340. The van der Waals surface area contributed by atoms with Crippen molar-refractivity contribution in [3.8, 4) is 0 Å². The Morgan fingerprint density at radius 1 is 1.25 bits per heavy atom. The molecule has 2 aromatic rings. The second-order valence-electron chi connectivity index (χ2n) is 4.82. The third-order valence-corrected chi connectivity index (χ3v) is 4.20. The molecule has 106 valence electrons. The fraction of sp³-hybridized carbons (Fsp3) is 0.375. The predicted molar refractivity (Wildman–Crippen MR) is 85.1 cm³/mol. The molecule has 0 saturated heterocycles. The molecule has 0 saturated carbocycles. The Hall–Kier alpha value is -1.39. The van der Waals surface area contributed by atoms with Crippen molar-refractivity contribution in [2.45, 2.75) is 31.8 Å². The molecule has 0 fully saturated rings. The molecule has 1 aromatic carbocycles. The smallest absolute Gasteiger partial charge is 0.114 e. The minimum Gasteiger partial charge on any atom is -0.309 e. The number of nitrogens with one attached hydrogen (secondary N) is 1. The van der Waals surface area contributed by atoms with Crippen LogP contribution >= 0.6 is 11.8 Å². The van der Waals surface area contributed by atoms with Crippen molar-refractivity contribution in [2.75, 3.05) is 12.3 Å². The van der Waals surface area contributed by atoms with Gasteiger partial charge in [-0.2, -0.15) is 0 Å². The van der Waals surface area contributed by atoms with Gasteiger partial charge in [0.1, 0.15) is 5.03 Å². The number of thioether (sulfide) groups is 1. The number of nitrogens with zero attached hydrogens (tertiary/aromatic N) is 2. The van der Waals surface area contributed by atoms with Crippen molar-refractivity contribution in [1.29, 1.82) is 0 Å². The summed E-state index contributed by atoms with van der Waals surface area (Å²) < 4.78 is 0. The Morgan fingerprint density at radius 3 is 2.75 bits per heavy atom. The summed E-state index contributed by atoms with van der Waals surface area (Å²) in [5, 5.41) is 4.53. The van der Waals surface area contributed by atoms with E-state index in [9.17, 15) is 0 Å². The predicted octanol–water partition coefficient (Wildman–Crippen LogP) is 3.54. The second-order valence-corrected chi connectivity index (χ2v) is 5.87. The van der Waals surface area contributed by atoms with E-state index in [-0.39, 0.29) is 0 Å². The van der Waals surface area contributed by atoms with Gasteiger partial charge in [-0.1, -0.05) is 30.7 Å². The highest BCUT2D eigenvalue weighted by atomic mass is 32.2. The molecule has 0 aliphatic carbocycles. The van der Waals surface area contributed by atoms with Crippen LogP contribution in [0.25, 0.3) is 0 Å². The third kappa shape index (κ3) is 4.05. The lowest BCUT2D eigenvalue weighted by Gasteiger charge is -2.20. The molecule has 1 N–H and O–H groups in total. The van der Waals surface area contributed by atoms with Crippen molar-refractivity contribution in [2.24, 2.45) is 0 Å². The van der Waals surface area contributed by atoms with Gasteiger partial charge in [-0.25, -0.2) is 4.98 Å². The standard InChI is InChI=1S/C16H21N3S/c1-4-18-15(11-20-16-10-17-7-8-19-16)14-6-5-12(2)9-13(14)3/h5-10,15,18H,4,11H2,1-3H3. The fourth-order valence-corrected chi connectivity index (χ4v) is 3.16. The molecule has 3 nitrogen and oxygen atoms in total. The molecule has 0 spiro atoms. The largest absolute Gasteiger partial charge is 0.309 e. The van der Waals surface area contributed by atoms with Crippen LogP contribution in [-0.2, 0) is 0 Å².